The summed E-state index contributed by atoms with van der Waals surface area (Å²) in [7, 11) is 0. The van der Waals surface area contributed by atoms with Gasteiger partial charge in [0, 0.05) is 0 Å². The Bertz CT molecular complexity index is 232. The third-order valence-electron chi connectivity index (χ3n) is 2.16. The van der Waals surface area contributed by atoms with Crippen LogP contribution in [0.3, 0.4) is 0 Å². The number of hydrogen-bond donors (Lipinski definition) is 5. The van der Waals surface area contributed by atoms with Gasteiger partial charge in [-0.05, 0) is 26.3 Å². The third-order valence-corrected chi connectivity index (χ3v) is 2.16. The number of aliphatic hydroxyl groups excluding tert-OH is 1. The Morgan fingerprint density at radius 1 is 1.41 bits per heavy atom. The molecule has 0 radical (unpaired) electrons. The summed E-state index contributed by atoms with van der Waals surface area (Å²) in [5, 5.41) is 27.8. The van der Waals surface area contributed by atoms with E-state index in [0.717, 1.165) is 19.4 Å². The van der Waals surface area contributed by atoms with Crippen LogP contribution in [-0.2, 0) is 26.7 Å². The van der Waals surface area contributed by atoms with Crippen molar-refractivity contribution in [1.29, 1.82) is 0 Å². The molecule has 8 heteroatoms. The van der Waals surface area contributed by atoms with E-state index >= 15 is 0 Å². The molecule has 0 aromatic heterocycles. The summed E-state index contributed by atoms with van der Waals surface area (Å²) in [5.74, 6) is -1.90. The molecule has 0 aromatic rings. The second-order valence-electron chi connectivity index (χ2n) is 3.59. The first-order valence-corrected chi connectivity index (χ1v) is 4.99. The van der Waals surface area contributed by atoms with Crippen LogP contribution in [0.25, 0.3) is 0 Å². The van der Waals surface area contributed by atoms with Gasteiger partial charge in [-0.1, -0.05) is 0 Å². The van der Waals surface area contributed by atoms with Crippen molar-refractivity contribution >= 4 is 11.9 Å². The van der Waals surface area contributed by atoms with Gasteiger partial charge < -0.3 is 26.4 Å². The van der Waals surface area contributed by atoms with Crippen LogP contribution < -0.4 is 11.1 Å². The first kappa shape index (κ1) is 18.7. The fraction of sp³-hybridized carbons (Fsp3) is 0.778. The molecule has 17 heavy (non-hydrogen) atoms. The molecular formula is C9H19CuN2O5+. The quantitative estimate of drug-likeness (QED) is 0.393. The molecule has 7 nitrogen and oxygen atoms in total. The van der Waals surface area contributed by atoms with E-state index in [1.165, 1.54) is 6.92 Å². The molecule has 0 saturated carbocycles. The minimum atomic E-state index is -1.18. The van der Waals surface area contributed by atoms with Gasteiger partial charge in [-0.2, -0.15) is 0 Å². The van der Waals surface area contributed by atoms with E-state index in [2.05, 4.69) is 5.32 Å². The molecule has 105 valence electrons. The van der Waals surface area contributed by atoms with Crippen molar-refractivity contribution in [2.24, 2.45) is 5.73 Å². The van der Waals surface area contributed by atoms with Crippen LogP contribution >= 0.6 is 0 Å². The van der Waals surface area contributed by atoms with Gasteiger partial charge >= 0.3 is 29.0 Å². The minimum absolute atomic E-state index is 0. The zero-order valence-electron chi connectivity index (χ0n) is 9.41. The Morgan fingerprint density at radius 2 is 1.94 bits per heavy atom. The van der Waals surface area contributed by atoms with E-state index in [1.807, 2.05) is 0 Å². The molecule has 1 aliphatic rings. The van der Waals surface area contributed by atoms with Crippen molar-refractivity contribution in [3.05, 3.63) is 0 Å². The van der Waals surface area contributed by atoms with Crippen LogP contribution in [-0.4, -0.2) is 52.0 Å². The van der Waals surface area contributed by atoms with Gasteiger partial charge in [-0.25, -0.2) is 0 Å². The maximum atomic E-state index is 10.1. The molecule has 6 N–H and O–H groups in total. The average molecular weight is 299 g/mol. The molecule has 1 aliphatic heterocycles. The zero-order valence-corrected chi connectivity index (χ0v) is 10.4. The predicted octanol–water partition coefficient (Wildman–Crippen LogP) is -1.67. The van der Waals surface area contributed by atoms with Crippen LogP contribution in [0.1, 0.15) is 19.8 Å². The molecule has 0 aliphatic carbocycles. The summed E-state index contributed by atoms with van der Waals surface area (Å²) < 4.78 is 0. The fourth-order valence-corrected chi connectivity index (χ4v) is 1.10. The molecule has 0 amide bonds. The van der Waals surface area contributed by atoms with E-state index in [0.29, 0.717) is 0 Å². The summed E-state index contributed by atoms with van der Waals surface area (Å²) in [6, 6.07) is -1.43. The van der Waals surface area contributed by atoms with E-state index in [1.54, 1.807) is 0 Å². The van der Waals surface area contributed by atoms with Gasteiger partial charge in [-0.3, -0.25) is 9.59 Å². The van der Waals surface area contributed by atoms with Gasteiger partial charge in [0.2, 0.25) is 0 Å². The van der Waals surface area contributed by atoms with Gasteiger partial charge in [0.05, 0.1) is 6.10 Å². The average Bonchev–Trinajstić information content (AvgIpc) is 2.70. The third kappa shape index (κ3) is 8.12. The van der Waals surface area contributed by atoms with Gasteiger partial charge in [0.15, 0.2) is 0 Å². The van der Waals surface area contributed by atoms with E-state index in [-0.39, 0.29) is 23.1 Å². The fourth-order valence-electron chi connectivity index (χ4n) is 1.10. The monoisotopic (exact) mass is 298 g/mol. The molecule has 1 rings (SSSR count). The van der Waals surface area contributed by atoms with Crippen LogP contribution in [0.2, 0.25) is 0 Å². The molecule has 1 saturated heterocycles. The Hall–Kier alpha value is -0.661. The standard InChI is InChI=1S/C5H9NO2.C4H9NO3.Cu.H/c7-5(8)4-2-1-3-6-4;1-2(6)3(5)4(7)8;;/h4,6H,1-3H2,(H,7,8);2-3,6H,5H2,1H3,(H,7,8);;/q;;+1;/t4-;2-,3+;;/m10../s1. The number of nitrogens with two attached hydrogens (primary N) is 1. The van der Waals surface area contributed by atoms with Crippen molar-refractivity contribution in [2.75, 3.05) is 6.54 Å². The number of carboxylic acids is 2. The van der Waals surface area contributed by atoms with Crippen molar-refractivity contribution in [3.63, 3.8) is 0 Å². The second kappa shape index (κ2) is 9.38. The van der Waals surface area contributed by atoms with Crippen LogP contribution in [0.5, 0.6) is 0 Å². The molecule has 3 atom stereocenters. The molecule has 0 bridgehead atoms. The molecular weight excluding hydrogens is 280 g/mol. The Labute approximate surface area is 110 Å². The second-order valence-corrected chi connectivity index (χ2v) is 3.59. The SMILES string of the molecule is C[C@H](O)[C@@H](N)C(=O)O.O=C(O)[C@H]1CCCN1.[CuH+]. The summed E-state index contributed by atoms with van der Waals surface area (Å²) in [6.07, 6.45) is 0.805. The van der Waals surface area contributed by atoms with E-state index in [4.69, 9.17) is 21.1 Å². The summed E-state index contributed by atoms with van der Waals surface area (Å²) in [5.41, 5.74) is 4.91. The van der Waals surface area contributed by atoms with Crippen molar-refractivity contribution in [3.8, 4) is 0 Å². The van der Waals surface area contributed by atoms with Crippen molar-refractivity contribution < 1.29 is 42.0 Å². The number of aliphatic hydroxyl groups is 1. The molecule has 0 spiro atoms. The van der Waals surface area contributed by atoms with Crippen molar-refractivity contribution in [1.82, 2.24) is 5.32 Å². The first-order chi connectivity index (χ1) is 7.36. The Morgan fingerprint density at radius 3 is 2.06 bits per heavy atom. The normalized spacial score (nSPS) is 21.5. The number of carbonyl (C=O) groups is 2. The topological polar surface area (TPSA) is 133 Å². The predicted molar refractivity (Wildman–Crippen MR) is 57.3 cm³/mol. The van der Waals surface area contributed by atoms with Gasteiger partial charge in [0.1, 0.15) is 12.1 Å². The van der Waals surface area contributed by atoms with Crippen LogP contribution in [0.4, 0.5) is 0 Å². The zero-order chi connectivity index (χ0) is 12.7. The van der Waals surface area contributed by atoms with E-state index < -0.39 is 24.1 Å². The van der Waals surface area contributed by atoms with Gasteiger partial charge in [0.25, 0.3) is 0 Å². The Balaban J connectivity index is 0. The Kier molecular flexibility index (Phi) is 10.3. The van der Waals surface area contributed by atoms with Crippen LogP contribution in [0, 0.1) is 0 Å². The molecule has 1 heterocycles. The maximum absolute atomic E-state index is 10.1. The van der Waals surface area contributed by atoms with E-state index in [9.17, 15) is 9.59 Å². The molecule has 0 unspecified atom stereocenters. The van der Waals surface area contributed by atoms with Gasteiger partial charge in [-0.15, -0.1) is 0 Å². The molecule has 1 fully saturated rings. The number of hydrogen-bond acceptors (Lipinski definition) is 5. The number of rotatable bonds is 3. The summed E-state index contributed by atoms with van der Waals surface area (Å²) in [6.45, 7) is 2.19. The summed E-state index contributed by atoms with van der Waals surface area (Å²) in [4.78, 5) is 20.0. The number of nitrogens with one attached hydrogen (secondary N) is 1. The number of aliphatic carboxylic acids is 2. The molecule has 0 aromatic carbocycles. The summed E-state index contributed by atoms with van der Waals surface area (Å²) >= 11 is 0. The number of carboxylic acid groups (broad SMARTS) is 2. The van der Waals surface area contributed by atoms with Crippen molar-refractivity contribution in [2.45, 2.75) is 38.0 Å². The first-order valence-electron chi connectivity index (χ1n) is 4.99. The van der Waals surface area contributed by atoms with Crippen LogP contribution in [0.15, 0.2) is 0 Å².